The molecule has 0 heterocycles. The Hall–Kier alpha value is -1.42. The molecule has 0 amide bonds. The van der Waals surface area contributed by atoms with E-state index >= 15 is 0 Å². The fourth-order valence-electron chi connectivity index (χ4n) is 1.69. The van der Waals surface area contributed by atoms with Crippen LogP contribution in [0.1, 0.15) is 20.3 Å². The van der Waals surface area contributed by atoms with E-state index in [2.05, 4.69) is 11.9 Å². The van der Waals surface area contributed by atoms with Crippen molar-refractivity contribution in [3.05, 3.63) is 18.2 Å². The highest BCUT2D eigenvalue weighted by atomic mass is 16.5. The molecule has 0 fully saturated rings. The zero-order valence-electron chi connectivity index (χ0n) is 11.8. The molecule has 0 aliphatic carbocycles. The average Bonchev–Trinajstić information content (AvgIpc) is 2.31. The first-order valence-electron chi connectivity index (χ1n) is 6.31. The summed E-state index contributed by atoms with van der Waals surface area (Å²) in [6.07, 6.45) is 1.12. The van der Waals surface area contributed by atoms with Crippen molar-refractivity contribution in [1.82, 2.24) is 0 Å². The highest BCUT2D eigenvalue weighted by molar-refractivity contribution is 5.62. The number of anilines is 2. The van der Waals surface area contributed by atoms with Crippen molar-refractivity contribution < 1.29 is 9.47 Å². The second-order valence-corrected chi connectivity index (χ2v) is 4.66. The Bertz CT molecular complexity index is 367. The SMILES string of the molecule is COCCCN(C)c1ccc(N)c(OC(C)C)c1. The summed E-state index contributed by atoms with van der Waals surface area (Å²) in [5.74, 6) is 0.751. The Kier molecular flexibility index (Phi) is 5.78. The van der Waals surface area contributed by atoms with Crippen molar-refractivity contribution in [2.24, 2.45) is 0 Å². The van der Waals surface area contributed by atoms with E-state index in [-0.39, 0.29) is 6.10 Å². The molecule has 0 radical (unpaired) electrons. The van der Waals surface area contributed by atoms with Crippen LogP contribution in [0.3, 0.4) is 0 Å². The van der Waals surface area contributed by atoms with Gasteiger partial charge in [0.05, 0.1) is 11.8 Å². The van der Waals surface area contributed by atoms with Crippen LogP contribution >= 0.6 is 0 Å². The quantitative estimate of drug-likeness (QED) is 0.598. The first-order valence-corrected chi connectivity index (χ1v) is 6.31. The Morgan fingerprint density at radius 2 is 2.06 bits per heavy atom. The number of nitrogen functional groups attached to an aromatic ring is 1. The largest absolute Gasteiger partial charge is 0.489 e. The lowest BCUT2D eigenvalue weighted by atomic mass is 10.2. The molecule has 0 unspecified atom stereocenters. The van der Waals surface area contributed by atoms with Crippen LogP contribution < -0.4 is 15.4 Å². The molecule has 0 saturated heterocycles. The predicted molar refractivity (Wildman–Crippen MR) is 76.4 cm³/mol. The zero-order chi connectivity index (χ0) is 13.5. The number of nitrogens with zero attached hydrogens (tertiary/aromatic N) is 1. The Balaban J connectivity index is 2.70. The molecule has 0 aromatic heterocycles. The maximum Gasteiger partial charge on any atom is 0.144 e. The second-order valence-electron chi connectivity index (χ2n) is 4.66. The van der Waals surface area contributed by atoms with Crippen molar-refractivity contribution in [2.45, 2.75) is 26.4 Å². The summed E-state index contributed by atoms with van der Waals surface area (Å²) in [7, 11) is 3.78. The molecular formula is C14H24N2O2. The van der Waals surface area contributed by atoms with Crippen molar-refractivity contribution in [1.29, 1.82) is 0 Å². The van der Waals surface area contributed by atoms with Gasteiger partial charge in [-0.05, 0) is 32.4 Å². The molecule has 0 spiro atoms. The van der Waals surface area contributed by atoms with Crippen LogP contribution in [-0.2, 0) is 4.74 Å². The van der Waals surface area contributed by atoms with E-state index in [9.17, 15) is 0 Å². The Morgan fingerprint density at radius 1 is 1.33 bits per heavy atom. The predicted octanol–water partition coefficient (Wildman–Crippen LogP) is 2.53. The molecule has 102 valence electrons. The van der Waals surface area contributed by atoms with Crippen molar-refractivity contribution >= 4 is 11.4 Å². The molecule has 0 saturated carbocycles. The molecule has 0 aliphatic heterocycles. The first-order chi connectivity index (χ1) is 8.54. The lowest BCUT2D eigenvalue weighted by Gasteiger charge is -2.21. The van der Waals surface area contributed by atoms with Gasteiger partial charge in [-0.3, -0.25) is 0 Å². The molecule has 0 atom stereocenters. The van der Waals surface area contributed by atoms with Crippen LogP contribution in [0.4, 0.5) is 11.4 Å². The number of hydrogen-bond acceptors (Lipinski definition) is 4. The van der Waals surface area contributed by atoms with Crippen molar-refractivity contribution in [3.8, 4) is 5.75 Å². The summed E-state index contributed by atoms with van der Waals surface area (Å²) in [5, 5.41) is 0. The third-order valence-corrected chi connectivity index (χ3v) is 2.64. The third-order valence-electron chi connectivity index (χ3n) is 2.64. The van der Waals surface area contributed by atoms with Gasteiger partial charge in [0.2, 0.25) is 0 Å². The topological polar surface area (TPSA) is 47.7 Å². The van der Waals surface area contributed by atoms with Crippen LogP contribution in [-0.4, -0.2) is 33.4 Å². The van der Waals surface area contributed by atoms with Gasteiger partial charge < -0.3 is 20.1 Å². The van der Waals surface area contributed by atoms with Gasteiger partial charge in [0.1, 0.15) is 5.75 Å². The van der Waals surface area contributed by atoms with E-state index < -0.39 is 0 Å². The fourth-order valence-corrected chi connectivity index (χ4v) is 1.69. The molecular weight excluding hydrogens is 228 g/mol. The number of ether oxygens (including phenoxy) is 2. The van der Waals surface area contributed by atoms with E-state index in [1.807, 2.05) is 32.0 Å². The number of rotatable bonds is 7. The second kappa shape index (κ2) is 7.11. The highest BCUT2D eigenvalue weighted by Gasteiger charge is 2.07. The minimum atomic E-state index is 0.126. The monoisotopic (exact) mass is 252 g/mol. The van der Waals surface area contributed by atoms with E-state index in [4.69, 9.17) is 15.2 Å². The van der Waals surface area contributed by atoms with Crippen LogP contribution in [0.2, 0.25) is 0 Å². The zero-order valence-corrected chi connectivity index (χ0v) is 11.8. The van der Waals surface area contributed by atoms with E-state index in [0.717, 1.165) is 31.0 Å². The summed E-state index contributed by atoms with van der Waals surface area (Å²) in [6, 6.07) is 5.89. The Morgan fingerprint density at radius 3 is 2.67 bits per heavy atom. The number of benzene rings is 1. The molecule has 4 nitrogen and oxygen atoms in total. The maximum atomic E-state index is 5.90. The number of nitrogens with two attached hydrogens (primary N) is 1. The summed E-state index contributed by atoms with van der Waals surface area (Å²) < 4.78 is 10.7. The van der Waals surface area contributed by atoms with E-state index in [1.165, 1.54) is 0 Å². The summed E-state index contributed by atoms with van der Waals surface area (Å²) >= 11 is 0. The van der Waals surface area contributed by atoms with E-state index in [1.54, 1.807) is 7.11 Å². The minimum absolute atomic E-state index is 0.126. The van der Waals surface area contributed by atoms with Gasteiger partial charge in [-0.25, -0.2) is 0 Å². The lowest BCUT2D eigenvalue weighted by molar-refractivity contribution is 0.196. The van der Waals surface area contributed by atoms with Crippen molar-refractivity contribution in [2.75, 3.05) is 37.9 Å². The van der Waals surface area contributed by atoms with Gasteiger partial charge >= 0.3 is 0 Å². The first kappa shape index (κ1) is 14.6. The fraction of sp³-hybridized carbons (Fsp3) is 0.571. The molecule has 2 N–H and O–H groups in total. The van der Waals surface area contributed by atoms with Crippen LogP contribution in [0.25, 0.3) is 0 Å². The molecule has 0 aliphatic rings. The van der Waals surface area contributed by atoms with Gasteiger partial charge in [-0.1, -0.05) is 0 Å². The Labute approximate surface area is 110 Å². The normalized spacial score (nSPS) is 10.7. The number of methoxy groups -OCH3 is 1. The minimum Gasteiger partial charge on any atom is -0.489 e. The summed E-state index contributed by atoms with van der Waals surface area (Å²) in [6.45, 7) is 5.70. The lowest BCUT2D eigenvalue weighted by Crippen LogP contribution is -2.20. The summed E-state index contributed by atoms with van der Waals surface area (Å²) in [5.41, 5.74) is 7.68. The molecule has 18 heavy (non-hydrogen) atoms. The third kappa shape index (κ3) is 4.45. The number of hydrogen-bond donors (Lipinski definition) is 1. The van der Waals surface area contributed by atoms with Crippen LogP contribution in [0, 0.1) is 0 Å². The van der Waals surface area contributed by atoms with Gasteiger partial charge in [-0.2, -0.15) is 0 Å². The van der Waals surface area contributed by atoms with Gasteiger partial charge in [0.25, 0.3) is 0 Å². The van der Waals surface area contributed by atoms with Crippen LogP contribution in [0.15, 0.2) is 18.2 Å². The molecule has 1 aromatic rings. The van der Waals surface area contributed by atoms with E-state index in [0.29, 0.717) is 5.69 Å². The average molecular weight is 252 g/mol. The van der Waals surface area contributed by atoms with Gasteiger partial charge in [0, 0.05) is 39.1 Å². The summed E-state index contributed by atoms with van der Waals surface area (Å²) in [4.78, 5) is 2.17. The van der Waals surface area contributed by atoms with Crippen molar-refractivity contribution in [3.63, 3.8) is 0 Å². The smallest absolute Gasteiger partial charge is 0.144 e. The molecule has 4 heteroatoms. The van der Waals surface area contributed by atoms with Gasteiger partial charge in [0.15, 0.2) is 0 Å². The van der Waals surface area contributed by atoms with Crippen LogP contribution in [0.5, 0.6) is 5.75 Å². The standard InChI is InChI=1S/C14H24N2O2/c1-11(2)18-14-10-12(6-7-13(14)15)16(3)8-5-9-17-4/h6-7,10-11H,5,8-9,15H2,1-4H3. The van der Waals surface area contributed by atoms with Gasteiger partial charge in [-0.15, -0.1) is 0 Å². The molecule has 0 bridgehead atoms. The maximum absolute atomic E-state index is 5.90. The highest BCUT2D eigenvalue weighted by Crippen LogP contribution is 2.28. The molecule has 1 rings (SSSR count). The molecule has 1 aromatic carbocycles.